The minimum Gasteiger partial charge on any atom is -0.469 e. The van der Waals surface area contributed by atoms with Gasteiger partial charge in [-0.2, -0.15) is 0 Å². The van der Waals surface area contributed by atoms with Crippen LogP contribution in [0.4, 0.5) is 5.69 Å². The number of nitrogens with one attached hydrogen (secondary N) is 1. The molecule has 0 unspecified atom stereocenters. The zero-order chi connectivity index (χ0) is 13.7. The van der Waals surface area contributed by atoms with E-state index in [-0.39, 0.29) is 11.9 Å². The molecule has 0 aliphatic heterocycles. The van der Waals surface area contributed by atoms with Gasteiger partial charge >= 0.3 is 0 Å². The van der Waals surface area contributed by atoms with Gasteiger partial charge in [-0.25, -0.2) is 0 Å². The Morgan fingerprint density at radius 1 is 1.32 bits per heavy atom. The minimum absolute atomic E-state index is 0.00354. The molecule has 2 aromatic rings. The largest absolute Gasteiger partial charge is 0.469 e. The molecule has 3 N–H and O–H groups in total. The van der Waals surface area contributed by atoms with Gasteiger partial charge in [-0.3, -0.25) is 4.79 Å². The van der Waals surface area contributed by atoms with Gasteiger partial charge in [0.1, 0.15) is 5.76 Å². The highest BCUT2D eigenvalue weighted by Crippen LogP contribution is 2.07. The van der Waals surface area contributed by atoms with Crippen molar-refractivity contribution in [3.8, 4) is 0 Å². The molecular formula is C15H18N2O2. The molecule has 1 aromatic carbocycles. The number of carbonyl (C=O) groups is 1. The molecule has 0 aliphatic rings. The van der Waals surface area contributed by atoms with Crippen LogP contribution < -0.4 is 11.1 Å². The van der Waals surface area contributed by atoms with Crippen molar-refractivity contribution in [2.24, 2.45) is 0 Å². The number of carbonyl (C=O) groups excluding carboxylic acids is 1. The van der Waals surface area contributed by atoms with E-state index < -0.39 is 0 Å². The molecule has 1 amide bonds. The lowest BCUT2D eigenvalue weighted by Crippen LogP contribution is -2.35. The summed E-state index contributed by atoms with van der Waals surface area (Å²) in [5.41, 5.74) is 7.26. The van der Waals surface area contributed by atoms with Gasteiger partial charge in [0.05, 0.1) is 12.7 Å². The average Bonchev–Trinajstić information content (AvgIpc) is 2.84. The van der Waals surface area contributed by atoms with Gasteiger partial charge in [0.15, 0.2) is 0 Å². The molecular weight excluding hydrogens is 240 g/mol. The molecule has 0 fully saturated rings. The third kappa shape index (κ3) is 4.17. The maximum Gasteiger partial charge on any atom is 0.224 e. The second kappa shape index (κ2) is 6.09. The Morgan fingerprint density at radius 2 is 2.05 bits per heavy atom. The van der Waals surface area contributed by atoms with Crippen molar-refractivity contribution in [3.63, 3.8) is 0 Å². The fourth-order valence-corrected chi connectivity index (χ4v) is 1.93. The van der Waals surface area contributed by atoms with E-state index in [1.807, 2.05) is 31.2 Å². The zero-order valence-corrected chi connectivity index (χ0v) is 10.9. The first kappa shape index (κ1) is 13.2. The minimum atomic E-state index is 0.00354. The third-order valence-corrected chi connectivity index (χ3v) is 2.84. The topological polar surface area (TPSA) is 68.3 Å². The smallest absolute Gasteiger partial charge is 0.224 e. The third-order valence-electron chi connectivity index (χ3n) is 2.84. The van der Waals surface area contributed by atoms with Gasteiger partial charge in [0.2, 0.25) is 5.91 Å². The lowest BCUT2D eigenvalue weighted by Gasteiger charge is -2.12. The first-order valence-electron chi connectivity index (χ1n) is 6.29. The molecule has 0 saturated heterocycles. The van der Waals surface area contributed by atoms with Gasteiger partial charge in [-0.05, 0) is 36.8 Å². The number of rotatable bonds is 5. The van der Waals surface area contributed by atoms with Crippen molar-refractivity contribution in [3.05, 3.63) is 54.0 Å². The SMILES string of the molecule is C[C@H](Cc1ccco1)NC(=O)Cc1ccc(N)cc1. The Labute approximate surface area is 112 Å². The fraction of sp³-hybridized carbons (Fsp3) is 0.267. The van der Waals surface area contributed by atoms with Crippen molar-refractivity contribution >= 4 is 11.6 Å². The van der Waals surface area contributed by atoms with Crippen LogP contribution in [-0.4, -0.2) is 11.9 Å². The van der Waals surface area contributed by atoms with Crippen LogP contribution in [0.5, 0.6) is 0 Å². The van der Waals surface area contributed by atoms with E-state index in [0.717, 1.165) is 11.3 Å². The summed E-state index contributed by atoms with van der Waals surface area (Å²) in [5.74, 6) is 0.879. The molecule has 0 saturated carbocycles. The molecule has 2 rings (SSSR count). The Kier molecular flexibility index (Phi) is 4.23. The lowest BCUT2D eigenvalue weighted by atomic mass is 10.1. The first-order chi connectivity index (χ1) is 9.13. The van der Waals surface area contributed by atoms with Crippen LogP contribution in [0.1, 0.15) is 18.2 Å². The molecule has 4 heteroatoms. The van der Waals surface area contributed by atoms with Gasteiger partial charge in [0, 0.05) is 18.2 Å². The normalized spacial score (nSPS) is 12.1. The number of nitrogens with two attached hydrogens (primary N) is 1. The summed E-state index contributed by atoms with van der Waals surface area (Å²) in [6.45, 7) is 1.96. The van der Waals surface area contributed by atoms with Crippen molar-refractivity contribution in [1.29, 1.82) is 0 Å². The Morgan fingerprint density at radius 3 is 2.68 bits per heavy atom. The van der Waals surface area contributed by atoms with E-state index in [9.17, 15) is 4.79 Å². The summed E-state index contributed by atoms with van der Waals surface area (Å²) in [6, 6.07) is 11.1. The van der Waals surface area contributed by atoms with E-state index in [1.165, 1.54) is 0 Å². The summed E-state index contributed by atoms with van der Waals surface area (Å²) in [7, 11) is 0. The summed E-state index contributed by atoms with van der Waals surface area (Å²) < 4.78 is 5.25. The van der Waals surface area contributed by atoms with Crippen LogP contribution in [0.3, 0.4) is 0 Å². The average molecular weight is 258 g/mol. The van der Waals surface area contributed by atoms with Crippen molar-refractivity contribution < 1.29 is 9.21 Å². The van der Waals surface area contributed by atoms with Crippen LogP contribution in [0.2, 0.25) is 0 Å². The van der Waals surface area contributed by atoms with Crippen LogP contribution in [0.15, 0.2) is 47.1 Å². The van der Waals surface area contributed by atoms with Crippen LogP contribution >= 0.6 is 0 Å². The maximum atomic E-state index is 11.9. The first-order valence-corrected chi connectivity index (χ1v) is 6.29. The van der Waals surface area contributed by atoms with Crippen LogP contribution in [-0.2, 0) is 17.6 Å². The number of furan rings is 1. The molecule has 1 aromatic heterocycles. The fourth-order valence-electron chi connectivity index (χ4n) is 1.93. The van der Waals surface area contributed by atoms with Gasteiger partial charge in [-0.1, -0.05) is 12.1 Å². The van der Waals surface area contributed by atoms with E-state index in [0.29, 0.717) is 18.5 Å². The monoisotopic (exact) mass is 258 g/mol. The van der Waals surface area contributed by atoms with Crippen LogP contribution in [0.25, 0.3) is 0 Å². The molecule has 1 heterocycles. The van der Waals surface area contributed by atoms with Gasteiger partial charge < -0.3 is 15.5 Å². The Balaban J connectivity index is 1.82. The molecule has 0 spiro atoms. The molecule has 0 radical (unpaired) electrons. The van der Waals surface area contributed by atoms with Crippen molar-refractivity contribution in [2.45, 2.75) is 25.8 Å². The second-order valence-electron chi connectivity index (χ2n) is 4.67. The zero-order valence-electron chi connectivity index (χ0n) is 10.9. The number of benzene rings is 1. The molecule has 4 nitrogen and oxygen atoms in total. The molecule has 0 aliphatic carbocycles. The molecule has 19 heavy (non-hydrogen) atoms. The number of anilines is 1. The summed E-state index contributed by atoms with van der Waals surface area (Å²) in [5, 5.41) is 2.95. The number of hydrogen-bond acceptors (Lipinski definition) is 3. The van der Waals surface area contributed by atoms with Crippen molar-refractivity contribution in [2.75, 3.05) is 5.73 Å². The molecule has 100 valence electrons. The maximum absolute atomic E-state index is 11.9. The van der Waals surface area contributed by atoms with E-state index in [2.05, 4.69) is 5.32 Å². The number of amides is 1. The summed E-state index contributed by atoms with van der Waals surface area (Å²) in [4.78, 5) is 11.9. The summed E-state index contributed by atoms with van der Waals surface area (Å²) >= 11 is 0. The van der Waals surface area contributed by atoms with E-state index in [4.69, 9.17) is 10.2 Å². The highest BCUT2D eigenvalue weighted by Gasteiger charge is 2.10. The Bertz CT molecular complexity index is 518. The quantitative estimate of drug-likeness (QED) is 0.807. The van der Waals surface area contributed by atoms with Gasteiger partial charge in [0.25, 0.3) is 0 Å². The molecule has 1 atom stereocenters. The predicted molar refractivity (Wildman–Crippen MR) is 74.6 cm³/mol. The van der Waals surface area contributed by atoms with E-state index >= 15 is 0 Å². The highest BCUT2D eigenvalue weighted by atomic mass is 16.3. The Hall–Kier alpha value is -2.23. The number of nitrogen functional groups attached to an aromatic ring is 1. The van der Waals surface area contributed by atoms with E-state index in [1.54, 1.807) is 18.4 Å². The standard InChI is InChI=1S/C15H18N2O2/c1-11(9-14-3-2-8-19-14)17-15(18)10-12-4-6-13(16)7-5-12/h2-8,11H,9-10,16H2,1H3,(H,17,18)/t11-/m1/s1. The second-order valence-corrected chi connectivity index (χ2v) is 4.67. The number of hydrogen-bond donors (Lipinski definition) is 2. The van der Waals surface area contributed by atoms with Crippen LogP contribution in [0, 0.1) is 0 Å². The summed E-state index contributed by atoms with van der Waals surface area (Å²) in [6.07, 6.45) is 2.70. The molecule has 0 bridgehead atoms. The lowest BCUT2D eigenvalue weighted by molar-refractivity contribution is -0.121. The van der Waals surface area contributed by atoms with Crippen molar-refractivity contribution in [1.82, 2.24) is 5.32 Å². The van der Waals surface area contributed by atoms with Gasteiger partial charge in [-0.15, -0.1) is 0 Å². The predicted octanol–water partition coefficient (Wildman–Crippen LogP) is 2.15. The highest BCUT2D eigenvalue weighted by molar-refractivity contribution is 5.78.